The maximum atomic E-state index is 11.7. The van der Waals surface area contributed by atoms with Gasteiger partial charge in [0.15, 0.2) is 0 Å². The zero-order valence-corrected chi connectivity index (χ0v) is 12.1. The number of para-hydroxylation sites is 1. The van der Waals surface area contributed by atoms with E-state index in [2.05, 4.69) is 5.32 Å². The van der Waals surface area contributed by atoms with Crippen molar-refractivity contribution in [1.82, 2.24) is 5.32 Å². The number of rotatable bonds is 4. The maximum absolute atomic E-state index is 11.7. The number of benzene rings is 1. The third kappa shape index (κ3) is 5.50. The molecule has 0 bridgehead atoms. The first-order chi connectivity index (χ1) is 9.19. The highest BCUT2D eigenvalue weighted by Gasteiger charge is 2.21. The monoisotopic (exact) mass is 281 g/mol. The molecule has 20 heavy (non-hydrogen) atoms. The number of hydrogen-bond acceptors (Lipinski definition) is 5. The van der Waals surface area contributed by atoms with E-state index < -0.39 is 25.1 Å². The Labute approximate surface area is 118 Å². The van der Waals surface area contributed by atoms with Crippen LogP contribution in [0.5, 0.6) is 5.75 Å². The summed E-state index contributed by atoms with van der Waals surface area (Å²) in [6.45, 7) is 7.07. The summed E-state index contributed by atoms with van der Waals surface area (Å²) in [4.78, 5) is 11.7. The number of amides is 1. The molecule has 0 aromatic heterocycles. The molecule has 1 atom stereocenters. The summed E-state index contributed by atoms with van der Waals surface area (Å²) in [6, 6.07) is 6.36. The molecular weight excluding hydrogens is 261 g/mol. The molecule has 0 radical (unpaired) electrons. The molecule has 0 aliphatic carbocycles. The lowest BCUT2D eigenvalue weighted by Crippen LogP contribution is -2.34. The third-order valence-electron chi connectivity index (χ3n) is 2.35. The van der Waals surface area contributed by atoms with Crippen molar-refractivity contribution in [2.24, 2.45) is 0 Å². The molecule has 0 spiro atoms. The largest absolute Gasteiger partial charge is 0.707 e. The second-order valence-corrected chi connectivity index (χ2v) is 5.35. The highest BCUT2D eigenvalue weighted by Crippen LogP contribution is 2.25. The molecule has 6 nitrogen and oxygen atoms in total. The Kier molecular flexibility index (Phi) is 5.41. The van der Waals surface area contributed by atoms with Crippen molar-refractivity contribution in [1.29, 1.82) is 0 Å². The van der Waals surface area contributed by atoms with Crippen LogP contribution in [-0.2, 0) is 4.74 Å². The molecule has 0 saturated carbocycles. The van der Waals surface area contributed by atoms with E-state index in [0.717, 1.165) is 0 Å². The van der Waals surface area contributed by atoms with Crippen LogP contribution in [0.15, 0.2) is 24.3 Å². The number of carbonyl (C=O) groups is 1. The molecule has 1 aromatic rings. The van der Waals surface area contributed by atoms with Gasteiger partial charge in [-0.05, 0) is 33.8 Å². The summed E-state index contributed by atoms with van der Waals surface area (Å²) in [6.07, 6.45) is -0.552. The first-order valence-corrected chi connectivity index (χ1v) is 6.30. The summed E-state index contributed by atoms with van der Waals surface area (Å²) in [7, 11) is -1.91. The minimum atomic E-state index is -1.91. The highest BCUT2D eigenvalue weighted by atomic mass is 16.6. The lowest BCUT2D eigenvalue weighted by atomic mass is 10.1. The van der Waals surface area contributed by atoms with Crippen molar-refractivity contribution in [2.75, 3.05) is 0 Å². The van der Waals surface area contributed by atoms with Gasteiger partial charge >= 0.3 is 13.4 Å². The fraction of sp³-hybridized carbons (Fsp3) is 0.462. The number of nitrogens with one attached hydrogen (secondary N) is 1. The van der Waals surface area contributed by atoms with Gasteiger partial charge in [0, 0.05) is 5.56 Å². The Morgan fingerprint density at radius 1 is 1.30 bits per heavy atom. The smallest absolute Gasteiger partial charge is 0.512 e. The highest BCUT2D eigenvalue weighted by molar-refractivity contribution is 6.33. The first-order valence-electron chi connectivity index (χ1n) is 6.30. The molecule has 110 valence electrons. The molecule has 0 heterocycles. The topological polar surface area (TPSA) is 88.0 Å². The summed E-state index contributed by atoms with van der Waals surface area (Å²) >= 11 is 0. The van der Waals surface area contributed by atoms with Crippen LogP contribution in [0.2, 0.25) is 0 Å². The Morgan fingerprint density at radius 3 is 2.45 bits per heavy atom. The average Bonchev–Trinajstić information content (AvgIpc) is 2.25. The summed E-state index contributed by atoms with van der Waals surface area (Å²) < 4.78 is 10.0. The fourth-order valence-electron chi connectivity index (χ4n) is 1.62. The van der Waals surface area contributed by atoms with E-state index in [-0.39, 0.29) is 5.75 Å². The van der Waals surface area contributed by atoms with Crippen LogP contribution in [0.4, 0.5) is 4.79 Å². The summed E-state index contributed by atoms with van der Waals surface area (Å²) in [5, 5.41) is 20.4. The molecule has 0 fully saturated rings. The minimum absolute atomic E-state index is 0.283. The third-order valence-corrected chi connectivity index (χ3v) is 2.35. The van der Waals surface area contributed by atoms with Crippen LogP contribution in [0.3, 0.4) is 0 Å². The molecule has 0 aliphatic heterocycles. The number of alkyl carbamates (subject to hydrolysis) is 1. The van der Waals surface area contributed by atoms with E-state index in [1.54, 1.807) is 52.0 Å². The van der Waals surface area contributed by atoms with E-state index >= 15 is 0 Å². The van der Waals surface area contributed by atoms with E-state index in [1.165, 1.54) is 0 Å². The van der Waals surface area contributed by atoms with Gasteiger partial charge in [-0.15, -0.1) is 0 Å². The predicted octanol–water partition coefficient (Wildman–Crippen LogP) is 1.62. The number of ether oxygens (including phenoxy) is 1. The quantitative estimate of drug-likeness (QED) is 0.730. The Balaban J connectivity index is 2.77. The van der Waals surface area contributed by atoms with Crippen molar-refractivity contribution in [3.63, 3.8) is 0 Å². The zero-order valence-electron chi connectivity index (χ0n) is 12.1. The Hall–Kier alpha value is -1.73. The van der Waals surface area contributed by atoms with Gasteiger partial charge < -0.3 is 24.8 Å². The second kappa shape index (κ2) is 6.63. The van der Waals surface area contributed by atoms with Gasteiger partial charge in [0.05, 0.1) is 6.04 Å². The minimum Gasteiger partial charge on any atom is -0.512 e. The summed E-state index contributed by atoms with van der Waals surface area (Å²) in [5.41, 5.74) is 0.0349. The SMILES string of the molecule is C[C@@H](NC(=O)OC(C)(C)C)c1ccccc1OB(O)O. The molecular formula is C13H20BNO5. The van der Waals surface area contributed by atoms with Crippen molar-refractivity contribution >= 4 is 13.4 Å². The van der Waals surface area contributed by atoms with Crippen LogP contribution in [-0.4, -0.2) is 29.1 Å². The van der Waals surface area contributed by atoms with Crippen LogP contribution < -0.4 is 9.97 Å². The van der Waals surface area contributed by atoms with Gasteiger partial charge in [-0.1, -0.05) is 18.2 Å². The Bertz CT molecular complexity index is 458. The molecule has 1 rings (SSSR count). The van der Waals surface area contributed by atoms with E-state index in [1.807, 2.05) is 0 Å². The van der Waals surface area contributed by atoms with Gasteiger partial charge in [-0.2, -0.15) is 0 Å². The normalized spacial score (nSPS) is 12.5. The van der Waals surface area contributed by atoms with Gasteiger partial charge in [0.25, 0.3) is 0 Å². The van der Waals surface area contributed by atoms with Crippen molar-refractivity contribution in [2.45, 2.75) is 39.3 Å². The Morgan fingerprint density at radius 2 is 1.90 bits per heavy atom. The zero-order chi connectivity index (χ0) is 15.3. The molecule has 1 amide bonds. The standard InChI is InChI=1S/C13H20BNO5/c1-9(15-12(16)19-13(2,3)4)10-7-5-6-8-11(10)20-14(17)18/h5-9,17-18H,1-4H3,(H,15,16)/t9-/m1/s1. The fourth-order valence-corrected chi connectivity index (χ4v) is 1.62. The van der Waals surface area contributed by atoms with Gasteiger partial charge in [-0.25, -0.2) is 4.79 Å². The molecule has 3 N–H and O–H groups in total. The van der Waals surface area contributed by atoms with E-state index in [0.29, 0.717) is 5.56 Å². The molecule has 7 heteroatoms. The first kappa shape index (κ1) is 16.3. The molecule has 0 saturated heterocycles. The molecule has 1 aromatic carbocycles. The lowest BCUT2D eigenvalue weighted by Gasteiger charge is -2.23. The van der Waals surface area contributed by atoms with Crippen LogP contribution >= 0.6 is 0 Å². The number of carbonyl (C=O) groups excluding carboxylic acids is 1. The van der Waals surface area contributed by atoms with Crippen molar-refractivity contribution in [3.05, 3.63) is 29.8 Å². The summed E-state index contributed by atoms with van der Waals surface area (Å²) in [5.74, 6) is 0.283. The maximum Gasteiger partial charge on any atom is 0.707 e. The average molecular weight is 281 g/mol. The predicted molar refractivity (Wildman–Crippen MR) is 75.0 cm³/mol. The van der Waals surface area contributed by atoms with Crippen LogP contribution in [0, 0.1) is 0 Å². The van der Waals surface area contributed by atoms with Gasteiger partial charge in [0.1, 0.15) is 11.4 Å². The molecule has 0 unspecified atom stereocenters. The van der Waals surface area contributed by atoms with Gasteiger partial charge in [0.2, 0.25) is 0 Å². The lowest BCUT2D eigenvalue weighted by molar-refractivity contribution is 0.0507. The van der Waals surface area contributed by atoms with E-state index in [9.17, 15) is 4.79 Å². The van der Waals surface area contributed by atoms with Gasteiger partial charge in [-0.3, -0.25) is 0 Å². The second-order valence-electron chi connectivity index (χ2n) is 5.35. The van der Waals surface area contributed by atoms with Crippen molar-refractivity contribution in [3.8, 4) is 5.75 Å². The van der Waals surface area contributed by atoms with Crippen LogP contribution in [0.1, 0.15) is 39.3 Å². The number of hydrogen-bond donors (Lipinski definition) is 3. The van der Waals surface area contributed by atoms with Crippen molar-refractivity contribution < 1.29 is 24.2 Å². The molecule has 0 aliphatic rings. The van der Waals surface area contributed by atoms with E-state index in [4.69, 9.17) is 19.4 Å². The van der Waals surface area contributed by atoms with Crippen LogP contribution in [0.25, 0.3) is 0 Å².